The first-order valence-electron chi connectivity index (χ1n) is 12.8. The van der Waals surface area contributed by atoms with Gasteiger partial charge in [0.1, 0.15) is 11.5 Å². The highest BCUT2D eigenvalue weighted by Gasteiger charge is 2.30. The molecule has 1 saturated heterocycles. The van der Waals surface area contributed by atoms with Gasteiger partial charge in [-0.15, -0.1) is 0 Å². The van der Waals surface area contributed by atoms with Crippen LogP contribution in [-0.4, -0.2) is 70.8 Å². The van der Waals surface area contributed by atoms with Crippen molar-refractivity contribution in [2.24, 2.45) is 5.92 Å². The van der Waals surface area contributed by atoms with Gasteiger partial charge in [0, 0.05) is 48.4 Å². The van der Waals surface area contributed by atoms with Crippen LogP contribution in [0.4, 0.5) is 14.7 Å². The van der Waals surface area contributed by atoms with Crippen molar-refractivity contribution in [3.8, 4) is 11.3 Å². The number of H-pyrrole nitrogens is 1. The summed E-state index contributed by atoms with van der Waals surface area (Å²) in [4.78, 5) is 40.2. The molecule has 0 spiro atoms. The number of halogens is 2. The lowest BCUT2D eigenvalue weighted by molar-refractivity contribution is -0.135. The molecular weight excluding hydrogens is 480 g/mol. The Hall–Kier alpha value is -3.70. The summed E-state index contributed by atoms with van der Waals surface area (Å²) in [6.45, 7) is 2.99. The Morgan fingerprint density at radius 3 is 2.65 bits per heavy atom. The minimum absolute atomic E-state index is 0.129. The van der Waals surface area contributed by atoms with Crippen LogP contribution in [0.2, 0.25) is 0 Å². The number of nitrogens with zero attached hydrogens (tertiary/aromatic N) is 7. The number of hydrogen-bond donors (Lipinski definition) is 2. The van der Waals surface area contributed by atoms with E-state index in [4.69, 9.17) is 0 Å². The lowest BCUT2D eigenvalue weighted by atomic mass is 9.85. The second-order valence-electron chi connectivity index (χ2n) is 9.95. The van der Waals surface area contributed by atoms with Gasteiger partial charge in [-0.3, -0.25) is 4.79 Å². The van der Waals surface area contributed by atoms with Crippen molar-refractivity contribution in [2.45, 2.75) is 64.5 Å². The SMILES string of the molecule is Cc1nc2ncc(-c3c[nH]c4nc(NC5CCC(C(=O)N6CCCC6)CC5)ncc34)nc2n1CC(F)F. The number of anilines is 1. The van der Waals surface area contributed by atoms with Gasteiger partial charge in [0.25, 0.3) is 6.43 Å². The molecule has 6 rings (SSSR count). The molecule has 4 aromatic rings. The number of hydrogen-bond acceptors (Lipinski definition) is 7. The van der Waals surface area contributed by atoms with Gasteiger partial charge in [0.15, 0.2) is 11.3 Å². The molecule has 37 heavy (non-hydrogen) atoms. The Balaban J connectivity index is 1.17. The summed E-state index contributed by atoms with van der Waals surface area (Å²) in [5.41, 5.74) is 2.56. The summed E-state index contributed by atoms with van der Waals surface area (Å²) in [5, 5.41) is 4.19. The first-order valence-corrected chi connectivity index (χ1v) is 12.8. The Bertz CT molecular complexity index is 1430. The number of fused-ring (bicyclic) bond motifs is 2. The van der Waals surface area contributed by atoms with Crippen LogP contribution >= 0.6 is 0 Å². The minimum Gasteiger partial charge on any atom is -0.351 e. The molecule has 2 fully saturated rings. The average molecular weight is 510 g/mol. The maximum Gasteiger partial charge on any atom is 0.256 e. The summed E-state index contributed by atoms with van der Waals surface area (Å²) >= 11 is 0. The maximum atomic E-state index is 13.1. The van der Waals surface area contributed by atoms with Gasteiger partial charge < -0.3 is 19.8 Å². The van der Waals surface area contributed by atoms with Crippen LogP contribution in [0.3, 0.4) is 0 Å². The van der Waals surface area contributed by atoms with Gasteiger partial charge in [-0.2, -0.15) is 4.98 Å². The molecule has 0 aromatic carbocycles. The zero-order valence-corrected chi connectivity index (χ0v) is 20.6. The monoisotopic (exact) mass is 509 g/mol. The highest BCUT2D eigenvalue weighted by Crippen LogP contribution is 2.30. The molecule has 10 nitrogen and oxygen atoms in total. The Morgan fingerprint density at radius 1 is 1.11 bits per heavy atom. The third kappa shape index (κ3) is 4.60. The van der Waals surface area contributed by atoms with Crippen LogP contribution in [0.25, 0.3) is 33.6 Å². The number of aromatic nitrogens is 7. The van der Waals surface area contributed by atoms with Crippen molar-refractivity contribution in [3.63, 3.8) is 0 Å². The third-order valence-electron chi connectivity index (χ3n) is 7.51. The van der Waals surface area contributed by atoms with Gasteiger partial charge in [0.2, 0.25) is 11.9 Å². The fourth-order valence-electron chi connectivity index (χ4n) is 5.54. The Morgan fingerprint density at radius 2 is 1.89 bits per heavy atom. The lowest BCUT2D eigenvalue weighted by Gasteiger charge is -2.30. The molecule has 0 bridgehead atoms. The number of imidazole rings is 1. The van der Waals surface area contributed by atoms with Crippen molar-refractivity contribution in [2.75, 3.05) is 18.4 Å². The number of likely N-dealkylation sites (tertiary alicyclic amines) is 1. The van der Waals surface area contributed by atoms with Crippen molar-refractivity contribution in [3.05, 3.63) is 24.4 Å². The summed E-state index contributed by atoms with van der Waals surface area (Å²) in [6, 6.07) is 0.223. The summed E-state index contributed by atoms with van der Waals surface area (Å²) in [6.07, 6.45) is 8.37. The van der Waals surface area contributed by atoms with E-state index in [0.29, 0.717) is 40.3 Å². The lowest BCUT2D eigenvalue weighted by Crippen LogP contribution is -2.37. The predicted octanol–water partition coefficient (Wildman–Crippen LogP) is 3.93. The number of aryl methyl sites for hydroxylation is 1. The first-order chi connectivity index (χ1) is 18.0. The average Bonchev–Trinajstić information content (AvgIpc) is 3.63. The third-order valence-corrected chi connectivity index (χ3v) is 7.51. The molecule has 2 N–H and O–H groups in total. The van der Waals surface area contributed by atoms with Crippen LogP contribution in [0, 0.1) is 12.8 Å². The molecular formula is C25H29F2N9O. The number of alkyl halides is 2. The van der Waals surface area contributed by atoms with E-state index in [9.17, 15) is 13.6 Å². The van der Waals surface area contributed by atoms with Crippen LogP contribution in [-0.2, 0) is 11.3 Å². The molecule has 1 aliphatic heterocycles. The van der Waals surface area contributed by atoms with E-state index in [1.807, 2.05) is 4.90 Å². The fraction of sp³-hybridized carbons (Fsp3) is 0.520. The largest absolute Gasteiger partial charge is 0.351 e. The van der Waals surface area contributed by atoms with E-state index in [1.165, 1.54) is 4.57 Å². The second-order valence-corrected chi connectivity index (χ2v) is 9.95. The molecule has 4 aromatic heterocycles. The molecule has 1 amide bonds. The van der Waals surface area contributed by atoms with E-state index in [-0.39, 0.29) is 12.0 Å². The molecule has 1 saturated carbocycles. The number of carbonyl (C=O) groups is 1. The Kier molecular flexibility index (Phi) is 6.17. The van der Waals surface area contributed by atoms with Crippen molar-refractivity contribution in [1.82, 2.24) is 39.4 Å². The number of rotatable bonds is 6. The van der Waals surface area contributed by atoms with E-state index in [1.54, 1.807) is 25.5 Å². The normalized spacial score (nSPS) is 20.4. The van der Waals surface area contributed by atoms with Crippen LogP contribution in [0.1, 0.15) is 44.3 Å². The van der Waals surface area contributed by atoms with E-state index in [2.05, 4.69) is 35.2 Å². The number of aromatic amines is 1. The van der Waals surface area contributed by atoms with Gasteiger partial charge >= 0.3 is 0 Å². The number of nitrogens with one attached hydrogen (secondary N) is 2. The molecule has 0 radical (unpaired) electrons. The molecule has 0 unspecified atom stereocenters. The van der Waals surface area contributed by atoms with Gasteiger partial charge in [-0.05, 0) is 45.4 Å². The zero-order chi connectivity index (χ0) is 25.5. The van der Waals surface area contributed by atoms with E-state index < -0.39 is 13.0 Å². The summed E-state index contributed by atoms with van der Waals surface area (Å²) in [7, 11) is 0. The summed E-state index contributed by atoms with van der Waals surface area (Å²) in [5.74, 6) is 1.42. The van der Waals surface area contributed by atoms with Crippen LogP contribution in [0.15, 0.2) is 18.6 Å². The quantitative estimate of drug-likeness (QED) is 0.404. The van der Waals surface area contributed by atoms with Gasteiger partial charge in [0.05, 0.1) is 18.4 Å². The molecule has 2 aliphatic rings. The molecule has 5 heterocycles. The zero-order valence-electron chi connectivity index (χ0n) is 20.6. The summed E-state index contributed by atoms with van der Waals surface area (Å²) < 4.78 is 27.5. The minimum atomic E-state index is -2.52. The first kappa shape index (κ1) is 23.7. The maximum absolute atomic E-state index is 13.1. The highest BCUT2D eigenvalue weighted by atomic mass is 19.3. The second kappa shape index (κ2) is 9.64. The van der Waals surface area contributed by atoms with Gasteiger partial charge in [-0.1, -0.05) is 0 Å². The van der Waals surface area contributed by atoms with Crippen LogP contribution in [0.5, 0.6) is 0 Å². The number of amides is 1. The van der Waals surface area contributed by atoms with E-state index in [0.717, 1.165) is 62.6 Å². The van der Waals surface area contributed by atoms with Crippen LogP contribution < -0.4 is 5.32 Å². The fourth-order valence-corrected chi connectivity index (χ4v) is 5.54. The smallest absolute Gasteiger partial charge is 0.256 e. The molecule has 194 valence electrons. The standard InChI is InChI=1S/C25H29F2N9O/c1-14-31-22-23(36(14)13-20(26)27)33-19(12-29-22)17-10-28-21-18(17)11-30-25(34-21)32-16-6-4-15(5-7-16)24(37)35-8-2-3-9-35/h10-12,15-16,20H,2-9,13H2,1H3,(H2,28,30,32,34). The highest BCUT2D eigenvalue weighted by molar-refractivity contribution is 5.93. The van der Waals surface area contributed by atoms with Crippen molar-refractivity contribution >= 4 is 34.2 Å². The predicted molar refractivity (Wildman–Crippen MR) is 134 cm³/mol. The van der Waals surface area contributed by atoms with Crippen molar-refractivity contribution in [1.29, 1.82) is 0 Å². The molecule has 1 aliphatic carbocycles. The molecule has 0 atom stereocenters. The van der Waals surface area contributed by atoms with Crippen molar-refractivity contribution < 1.29 is 13.6 Å². The Labute approximate surface area is 211 Å². The van der Waals surface area contributed by atoms with E-state index >= 15 is 0 Å². The number of carbonyl (C=O) groups excluding carboxylic acids is 1. The van der Waals surface area contributed by atoms with Gasteiger partial charge in [-0.25, -0.2) is 28.7 Å². The molecule has 12 heteroatoms. The topological polar surface area (TPSA) is 118 Å².